The smallest absolute Gasteiger partial charge is 0.256 e. The molecule has 6 aromatic rings. The molecule has 0 fully saturated rings. The van der Waals surface area contributed by atoms with Crippen LogP contribution in [0.25, 0.3) is 0 Å². The summed E-state index contributed by atoms with van der Waals surface area (Å²) in [4.78, 5) is 0. The van der Waals surface area contributed by atoms with Gasteiger partial charge in [0.2, 0.25) is 0 Å². The summed E-state index contributed by atoms with van der Waals surface area (Å²) < 4.78 is 103. The molecule has 0 aliphatic heterocycles. The van der Waals surface area contributed by atoms with Gasteiger partial charge < -0.3 is 24.6 Å². The van der Waals surface area contributed by atoms with Crippen molar-refractivity contribution < 1.29 is 24.6 Å². The highest BCUT2D eigenvalue weighted by atomic mass is 28.4. The first-order valence-corrected chi connectivity index (χ1v) is 41.6. The number of benzene rings is 6. The molecule has 0 saturated heterocycles. The second kappa shape index (κ2) is 13.6. The monoisotopic (exact) mass is 1020 g/mol. The lowest BCUT2D eigenvalue weighted by Gasteiger charge is -2.50. The molecule has 0 unspecified atom stereocenters. The third-order valence-electron chi connectivity index (χ3n) is 18.9. The van der Waals surface area contributed by atoms with Gasteiger partial charge in [-0.05, 0) is 145 Å². The van der Waals surface area contributed by atoms with E-state index in [1.54, 1.807) is 78.6 Å². The zero-order chi connectivity index (χ0) is 49.1. The molecule has 6 aromatic carbocycles. The minimum atomic E-state index is -3.60. The van der Waals surface area contributed by atoms with Crippen molar-refractivity contribution in [3.8, 4) is 0 Å². The maximum absolute atomic E-state index is 17.2. The van der Waals surface area contributed by atoms with Gasteiger partial charge in [-0.15, -0.1) is 0 Å². The summed E-state index contributed by atoms with van der Waals surface area (Å²) in [6.45, 7) is 21.1. The molecule has 0 atom stereocenters. The second-order valence-corrected chi connectivity index (χ2v) is 46.2. The molecule has 6 aliphatic rings. The van der Waals surface area contributed by atoms with Crippen molar-refractivity contribution in [2.45, 2.75) is 109 Å². The Balaban J connectivity index is 0.000000149. The average Bonchev–Trinajstić information content (AvgIpc) is 4.02. The number of fused-ring (bicyclic) bond motifs is 18. The van der Waals surface area contributed by atoms with Gasteiger partial charge in [0, 0.05) is 42.1 Å². The third kappa shape index (κ3) is 4.63. The molecule has 0 N–H and O–H groups in total. The van der Waals surface area contributed by atoms with E-state index in [0.29, 0.717) is 0 Å². The van der Waals surface area contributed by atoms with Gasteiger partial charge in [0.05, 0.1) is 0 Å². The van der Waals surface area contributed by atoms with Crippen molar-refractivity contribution in [3.05, 3.63) is 212 Å². The molecule has 0 bridgehead atoms. The average molecular weight is 1020 g/mol. The molecule has 12 rings (SSSR count). The molecule has 0 radical (unpaired) electrons. The summed E-state index contributed by atoms with van der Waals surface area (Å²) in [6, 6.07) is 47.7. The molecule has 0 saturated carbocycles. The standard InChI is InChI=1S/2C28H31F3Si3/c2*1-32(2,29)26-19-13-7-9-15-21(19)27(33(3,4)30)23-17-11-12-18-24(23)28(25(26)27,34(5,6)31)22-16-10-8-14-20(22)26/h2*7-18,25H,1-6H3. The minimum absolute atomic E-state index is 0.523. The van der Waals surface area contributed by atoms with Crippen LogP contribution in [0.2, 0.25) is 78.6 Å². The fourth-order valence-electron chi connectivity index (χ4n) is 17.6. The van der Waals surface area contributed by atoms with Crippen LogP contribution in [-0.4, -0.2) is 50.4 Å². The lowest BCUT2D eigenvalue weighted by atomic mass is 9.83. The van der Waals surface area contributed by atoms with E-state index < -0.39 is 92.5 Å². The SMILES string of the molecule is C[Si](C)(F)C12c3ccccc3C3([Si](C)(C)F)c4ccccc4C([Si](C)(C)F)(c4ccccc41)C23.C[Si](C)(F)C12c3ccccc3C3([Si](C)(C)F)c4ccccc4C([Si](C)(C)F)(c4ccccc41)C23. The van der Waals surface area contributed by atoms with Gasteiger partial charge in [-0.3, -0.25) is 0 Å². The topological polar surface area (TPSA) is 0 Å². The molecule has 0 amide bonds. The number of rotatable bonds is 6. The highest BCUT2D eigenvalue weighted by Crippen LogP contribution is 2.83. The van der Waals surface area contributed by atoms with Crippen molar-refractivity contribution in [2.24, 2.45) is 11.8 Å². The zero-order valence-corrected chi connectivity index (χ0v) is 47.3. The lowest BCUT2D eigenvalue weighted by molar-refractivity contribution is 0.324. The molecule has 68 heavy (non-hydrogen) atoms. The summed E-state index contributed by atoms with van der Waals surface area (Å²) >= 11 is 0. The van der Waals surface area contributed by atoms with Crippen LogP contribution in [0.5, 0.6) is 0 Å². The second-order valence-electron chi connectivity index (χ2n) is 23.8. The Morgan fingerprint density at radius 1 is 0.221 bits per heavy atom. The van der Waals surface area contributed by atoms with Crippen LogP contribution >= 0.6 is 0 Å². The van der Waals surface area contributed by atoms with Gasteiger partial charge in [-0.2, -0.15) is 0 Å². The van der Waals surface area contributed by atoms with Gasteiger partial charge in [0.15, 0.2) is 0 Å². The van der Waals surface area contributed by atoms with Crippen molar-refractivity contribution in [2.75, 3.05) is 0 Å². The Kier molecular flexibility index (Phi) is 9.30. The van der Waals surface area contributed by atoms with Crippen LogP contribution in [0.15, 0.2) is 146 Å². The Morgan fingerprint density at radius 3 is 0.382 bits per heavy atom. The number of hydrogen-bond acceptors (Lipinski definition) is 0. The fraction of sp³-hybridized carbons (Fsp3) is 0.357. The van der Waals surface area contributed by atoms with Crippen molar-refractivity contribution in [3.63, 3.8) is 0 Å². The molecule has 0 nitrogen and oxygen atoms in total. The van der Waals surface area contributed by atoms with Crippen LogP contribution in [0.1, 0.15) is 66.8 Å². The summed E-state index contributed by atoms with van der Waals surface area (Å²) in [5, 5.41) is -6.05. The molecular weight excluding hydrogens is 955 g/mol. The van der Waals surface area contributed by atoms with E-state index in [1.165, 1.54) is 0 Å². The number of halogens is 6. The van der Waals surface area contributed by atoms with Gasteiger partial charge in [-0.25, -0.2) is 0 Å². The molecule has 0 heterocycles. The van der Waals surface area contributed by atoms with Crippen LogP contribution < -0.4 is 0 Å². The molecular formula is C56H62F6Si6. The first-order valence-electron chi connectivity index (χ1n) is 24.3. The maximum atomic E-state index is 17.2. The summed E-state index contributed by atoms with van der Waals surface area (Å²) in [5.74, 6) is -1.05. The van der Waals surface area contributed by atoms with Crippen molar-refractivity contribution >= 4 is 50.4 Å². The summed E-state index contributed by atoms with van der Waals surface area (Å²) in [7, 11) is -21.6. The van der Waals surface area contributed by atoms with Crippen LogP contribution in [0.4, 0.5) is 24.6 Å². The van der Waals surface area contributed by atoms with Gasteiger partial charge >= 0.3 is 0 Å². The Hall–Kier alpha value is -3.80. The molecule has 0 aromatic heterocycles. The number of hydrogen-bond donors (Lipinski definition) is 0. The lowest BCUT2D eigenvalue weighted by Crippen LogP contribution is -2.64. The summed E-state index contributed by atoms with van der Waals surface area (Å²) in [5.41, 5.74) is 10.8. The predicted molar refractivity (Wildman–Crippen MR) is 282 cm³/mol. The highest BCUT2D eigenvalue weighted by molar-refractivity contribution is 6.82. The first kappa shape index (κ1) is 46.6. The van der Waals surface area contributed by atoms with E-state index in [0.717, 1.165) is 66.8 Å². The first-order chi connectivity index (χ1) is 31.6. The van der Waals surface area contributed by atoms with Gasteiger partial charge in [-0.1, -0.05) is 146 Å². The van der Waals surface area contributed by atoms with E-state index in [9.17, 15) is 0 Å². The van der Waals surface area contributed by atoms with Crippen LogP contribution in [0, 0.1) is 11.8 Å². The van der Waals surface area contributed by atoms with Gasteiger partial charge in [0.1, 0.15) is 0 Å². The normalized spacial score (nSPS) is 31.1. The minimum Gasteiger partial charge on any atom is -0.313 e. The van der Waals surface area contributed by atoms with E-state index >= 15 is 24.6 Å². The zero-order valence-electron chi connectivity index (χ0n) is 41.3. The Morgan fingerprint density at radius 2 is 0.309 bits per heavy atom. The van der Waals surface area contributed by atoms with Crippen LogP contribution in [0.3, 0.4) is 0 Å². The van der Waals surface area contributed by atoms with E-state index in [1.807, 2.05) is 146 Å². The fourth-order valence-corrected chi connectivity index (χ4v) is 35.5. The van der Waals surface area contributed by atoms with Gasteiger partial charge in [0.25, 0.3) is 50.4 Å². The summed E-state index contributed by atoms with van der Waals surface area (Å²) in [6.07, 6.45) is 0. The molecule has 6 aliphatic carbocycles. The van der Waals surface area contributed by atoms with Crippen molar-refractivity contribution in [1.82, 2.24) is 0 Å². The Bertz CT molecular complexity index is 2430. The van der Waals surface area contributed by atoms with E-state index in [2.05, 4.69) is 0 Å². The third-order valence-corrected chi connectivity index (χ3v) is 35.1. The predicted octanol–water partition coefficient (Wildman–Crippen LogP) is 15.3. The maximum Gasteiger partial charge on any atom is 0.256 e. The molecule has 12 heteroatoms. The van der Waals surface area contributed by atoms with E-state index in [4.69, 9.17) is 0 Å². The molecule has 352 valence electrons. The van der Waals surface area contributed by atoms with E-state index in [-0.39, 0.29) is 0 Å². The quantitative estimate of drug-likeness (QED) is 0.0886. The largest absolute Gasteiger partial charge is 0.313 e. The molecule has 0 spiro atoms. The highest BCUT2D eigenvalue weighted by Gasteiger charge is 2.88. The van der Waals surface area contributed by atoms with Crippen molar-refractivity contribution in [1.29, 1.82) is 0 Å². The Labute approximate surface area is 405 Å². The van der Waals surface area contributed by atoms with Crippen LogP contribution in [-0.2, 0) is 30.2 Å².